The Labute approximate surface area is 202 Å². The van der Waals surface area contributed by atoms with Gasteiger partial charge < -0.3 is 9.47 Å². The number of hydrogen-bond acceptors (Lipinski definition) is 4. The molecular weight excluding hydrogens is 428 g/mol. The van der Waals surface area contributed by atoms with Gasteiger partial charge in [-0.3, -0.25) is 0 Å². The van der Waals surface area contributed by atoms with Gasteiger partial charge >= 0.3 is 11.9 Å². The largest absolute Gasteiger partial charge is 0.459 e. The van der Waals surface area contributed by atoms with Crippen molar-refractivity contribution in [3.63, 3.8) is 0 Å². The summed E-state index contributed by atoms with van der Waals surface area (Å²) in [5, 5.41) is 0. The van der Waals surface area contributed by atoms with Crippen LogP contribution in [-0.2, 0) is 22.6 Å². The maximum absolute atomic E-state index is 12.5. The molecule has 2 heterocycles. The Morgan fingerprint density at radius 3 is 1.24 bits per heavy atom. The van der Waals surface area contributed by atoms with E-state index in [0.717, 1.165) is 64.5 Å². The van der Waals surface area contributed by atoms with Crippen LogP contribution in [-0.4, -0.2) is 24.1 Å². The molecule has 6 heteroatoms. The lowest BCUT2D eigenvalue weighted by Crippen LogP contribution is -2.44. The van der Waals surface area contributed by atoms with Crippen LogP contribution in [0.25, 0.3) is 0 Å². The van der Waals surface area contributed by atoms with Crippen molar-refractivity contribution in [2.45, 2.75) is 102 Å². The van der Waals surface area contributed by atoms with Crippen LogP contribution in [0.3, 0.4) is 0 Å². The molecule has 0 aromatic carbocycles. The van der Waals surface area contributed by atoms with Crippen molar-refractivity contribution in [3.8, 4) is 0 Å². The summed E-state index contributed by atoms with van der Waals surface area (Å²) < 4.78 is 15.5. The SMILES string of the molecule is O=C(OC1CCCCCC1)c1cc[n+](CC[n+]2ccc(C(=O)OC3CCCCCC3)cc2)cc1. The van der Waals surface area contributed by atoms with E-state index in [1.807, 2.05) is 58.2 Å². The average molecular weight is 467 g/mol. The van der Waals surface area contributed by atoms with Crippen LogP contribution in [0.1, 0.15) is 97.8 Å². The molecule has 182 valence electrons. The standard InChI is InChI=1S/C28H38N2O4/c31-27(33-25-9-5-1-2-6-10-25)23-13-17-29(18-14-23)21-22-30-19-15-24(16-20-30)28(32)34-26-11-7-3-4-8-12-26/h13-20,25-26H,1-12,21-22H2/q+2. The highest BCUT2D eigenvalue weighted by Crippen LogP contribution is 2.21. The molecule has 2 fully saturated rings. The lowest BCUT2D eigenvalue weighted by atomic mass is 10.1. The third-order valence-corrected chi connectivity index (χ3v) is 7.02. The number of pyridine rings is 2. The summed E-state index contributed by atoms with van der Waals surface area (Å²) in [5.74, 6) is -0.445. The molecule has 0 saturated heterocycles. The Morgan fingerprint density at radius 2 is 0.912 bits per heavy atom. The Kier molecular flexibility index (Phi) is 9.05. The highest BCUT2D eigenvalue weighted by molar-refractivity contribution is 5.89. The summed E-state index contributed by atoms with van der Waals surface area (Å²) in [4.78, 5) is 24.9. The van der Waals surface area contributed by atoms with Crippen LogP contribution in [0.5, 0.6) is 0 Å². The van der Waals surface area contributed by atoms with Crippen molar-refractivity contribution in [2.24, 2.45) is 0 Å². The molecule has 2 aliphatic carbocycles. The number of aromatic nitrogens is 2. The highest BCUT2D eigenvalue weighted by atomic mass is 16.5. The van der Waals surface area contributed by atoms with Gasteiger partial charge in [-0.2, -0.15) is 9.13 Å². The smallest absolute Gasteiger partial charge is 0.338 e. The molecule has 0 unspecified atom stereocenters. The van der Waals surface area contributed by atoms with Gasteiger partial charge in [0.05, 0.1) is 11.1 Å². The number of carbonyl (C=O) groups excluding carboxylic acids is 2. The summed E-state index contributed by atoms with van der Waals surface area (Å²) in [5.41, 5.74) is 1.20. The molecule has 6 nitrogen and oxygen atoms in total. The van der Waals surface area contributed by atoms with Crippen molar-refractivity contribution in [3.05, 3.63) is 60.2 Å². The first-order valence-corrected chi connectivity index (χ1v) is 13.1. The topological polar surface area (TPSA) is 60.4 Å². The van der Waals surface area contributed by atoms with Gasteiger partial charge in [-0.25, -0.2) is 9.59 Å². The second kappa shape index (κ2) is 12.6. The fourth-order valence-electron chi connectivity index (χ4n) is 4.87. The van der Waals surface area contributed by atoms with E-state index < -0.39 is 0 Å². The van der Waals surface area contributed by atoms with Crippen LogP contribution in [0, 0.1) is 0 Å². The molecule has 2 aromatic heterocycles. The molecule has 0 radical (unpaired) electrons. The number of carbonyl (C=O) groups is 2. The van der Waals surface area contributed by atoms with E-state index in [9.17, 15) is 9.59 Å². The number of aryl methyl sites for hydroxylation is 2. The molecule has 2 aliphatic rings. The molecule has 2 aromatic rings. The Balaban J connectivity index is 1.23. The third kappa shape index (κ3) is 7.37. The Morgan fingerprint density at radius 1 is 0.588 bits per heavy atom. The lowest BCUT2D eigenvalue weighted by Gasteiger charge is -2.15. The van der Waals surface area contributed by atoms with Crippen LogP contribution < -0.4 is 9.13 Å². The molecule has 0 spiro atoms. The van der Waals surface area contributed by atoms with Crippen molar-refractivity contribution in [1.82, 2.24) is 0 Å². The van der Waals surface area contributed by atoms with Crippen LogP contribution in [0.2, 0.25) is 0 Å². The van der Waals surface area contributed by atoms with Crippen molar-refractivity contribution >= 4 is 11.9 Å². The summed E-state index contributed by atoms with van der Waals surface area (Å²) in [6, 6.07) is 7.32. The zero-order valence-electron chi connectivity index (χ0n) is 20.2. The molecule has 0 N–H and O–H groups in total. The van der Waals surface area contributed by atoms with Crippen LogP contribution in [0.4, 0.5) is 0 Å². The van der Waals surface area contributed by atoms with Crippen molar-refractivity contribution < 1.29 is 28.2 Å². The van der Waals surface area contributed by atoms with E-state index in [2.05, 4.69) is 0 Å². The monoisotopic (exact) mass is 466 g/mol. The minimum atomic E-state index is -0.222. The number of nitrogens with zero attached hydrogens (tertiary/aromatic N) is 2. The van der Waals surface area contributed by atoms with E-state index in [-0.39, 0.29) is 24.1 Å². The van der Waals surface area contributed by atoms with E-state index >= 15 is 0 Å². The predicted octanol–water partition coefficient (Wildman–Crippen LogP) is 4.72. The van der Waals surface area contributed by atoms with Crippen LogP contribution in [0.15, 0.2) is 49.1 Å². The van der Waals surface area contributed by atoms with Gasteiger partial charge in [0.1, 0.15) is 12.2 Å². The predicted molar refractivity (Wildman–Crippen MR) is 127 cm³/mol. The minimum Gasteiger partial charge on any atom is -0.459 e. The first kappa shape index (κ1) is 24.4. The average Bonchev–Trinajstić information content (AvgIpc) is 3.28. The summed E-state index contributed by atoms with van der Waals surface area (Å²) in [7, 11) is 0. The Bertz CT molecular complexity index is 833. The molecule has 34 heavy (non-hydrogen) atoms. The maximum atomic E-state index is 12.5. The normalized spacial score (nSPS) is 18.0. The van der Waals surface area contributed by atoms with Crippen LogP contribution >= 0.6 is 0 Å². The number of rotatable bonds is 7. The van der Waals surface area contributed by atoms with Gasteiger partial charge in [0.25, 0.3) is 0 Å². The molecule has 2 saturated carbocycles. The molecular formula is C28H38N2O4+2. The Hall–Kier alpha value is -2.76. The number of ether oxygens (including phenoxy) is 2. The van der Waals surface area contributed by atoms with E-state index in [0.29, 0.717) is 11.1 Å². The zero-order valence-corrected chi connectivity index (χ0v) is 20.2. The van der Waals surface area contributed by atoms with Gasteiger partial charge in [0.2, 0.25) is 13.1 Å². The highest BCUT2D eigenvalue weighted by Gasteiger charge is 2.20. The summed E-state index contributed by atoms with van der Waals surface area (Å²) in [6.45, 7) is 1.52. The molecule has 0 aliphatic heterocycles. The van der Waals surface area contributed by atoms with Gasteiger partial charge in [-0.05, 0) is 51.4 Å². The van der Waals surface area contributed by atoms with Crippen molar-refractivity contribution in [2.75, 3.05) is 0 Å². The fourth-order valence-corrected chi connectivity index (χ4v) is 4.87. The second-order valence-corrected chi connectivity index (χ2v) is 9.69. The molecule has 0 amide bonds. The minimum absolute atomic E-state index is 0.0612. The van der Waals surface area contributed by atoms with E-state index in [4.69, 9.17) is 9.47 Å². The summed E-state index contributed by atoms with van der Waals surface area (Å²) >= 11 is 0. The van der Waals surface area contributed by atoms with Gasteiger partial charge in [0.15, 0.2) is 24.8 Å². The van der Waals surface area contributed by atoms with E-state index in [1.165, 1.54) is 25.7 Å². The van der Waals surface area contributed by atoms with Gasteiger partial charge in [-0.15, -0.1) is 0 Å². The quantitative estimate of drug-likeness (QED) is 0.337. The second-order valence-electron chi connectivity index (χ2n) is 9.69. The zero-order chi connectivity index (χ0) is 23.6. The number of hydrogen-bond donors (Lipinski definition) is 0. The third-order valence-electron chi connectivity index (χ3n) is 7.02. The fraction of sp³-hybridized carbons (Fsp3) is 0.571. The van der Waals surface area contributed by atoms with E-state index in [1.54, 1.807) is 0 Å². The first-order chi connectivity index (χ1) is 16.7. The number of esters is 2. The maximum Gasteiger partial charge on any atom is 0.338 e. The lowest BCUT2D eigenvalue weighted by molar-refractivity contribution is -0.778. The molecule has 0 atom stereocenters. The summed E-state index contributed by atoms with van der Waals surface area (Å²) in [6.07, 6.45) is 21.3. The van der Waals surface area contributed by atoms with Gasteiger partial charge in [-0.1, -0.05) is 25.7 Å². The van der Waals surface area contributed by atoms with Gasteiger partial charge in [0, 0.05) is 24.3 Å². The molecule has 4 rings (SSSR count). The molecule has 0 bridgehead atoms. The van der Waals surface area contributed by atoms with Crippen molar-refractivity contribution in [1.29, 1.82) is 0 Å². The first-order valence-electron chi connectivity index (χ1n) is 13.1.